The molecule has 0 unspecified atom stereocenters. The first-order chi connectivity index (χ1) is 18.1. The maximum absolute atomic E-state index is 6.23. The number of hydrogen-bond acceptors (Lipinski definition) is 9. The molecule has 0 amide bonds. The van der Waals surface area contributed by atoms with E-state index in [1.165, 1.54) is 0 Å². The summed E-state index contributed by atoms with van der Waals surface area (Å²) in [5.74, 6) is 1.33. The molecular formula is C26H30BrN7O3. The molecule has 10 nitrogen and oxygen atoms in total. The van der Waals surface area contributed by atoms with E-state index in [0.29, 0.717) is 61.7 Å². The molecular weight excluding hydrogens is 538 g/mol. The van der Waals surface area contributed by atoms with Crippen molar-refractivity contribution in [1.82, 2.24) is 29.7 Å². The highest BCUT2D eigenvalue weighted by Gasteiger charge is 2.31. The Bertz CT molecular complexity index is 1370. The van der Waals surface area contributed by atoms with Crippen LogP contribution < -0.4 is 10.5 Å². The molecule has 0 radical (unpaired) electrons. The highest BCUT2D eigenvalue weighted by atomic mass is 79.9. The van der Waals surface area contributed by atoms with E-state index < -0.39 is 0 Å². The van der Waals surface area contributed by atoms with Crippen molar-refractivity contribution in [3.8, 4) is 17.3 Å². The predicted octanol–water partition coefficient (Wildman–Crippen LogP) is 4.72. The molecule has 3 aromatic heterocycles. The molecule has 4 aromatic rings. The van der Waals surface area contributed by atoms with Crippen molar-refractivity contribution in [2.24, 2.45) is 0 Å². The minimum absolute atomic E-state index is 0.323. The van der Waals surface area contributed by atoms with Gasteiger partial charge in [-0.1, -0.05) is 22.0 Å². The second-order valence-corrected chi connectivity index (χ2v) is 9.72. The Labute approximate surface area is 223 Å². The molecule has 0 bridgehead atoms. The van der Waals surface area contributed by atoms with Crippen LogP contribution in [0.3, 0.4) is 0 Å². The van der Waals surface area contributed by atoms with E-state index in [1.54, 1.807) is 18.7 Å². The summed E-state index contributed by atoms with van der Waals surface area (Å²) in [6, 6.07) is 5.83. The lowest BCUT2D eigenvalue weighted by molar-refractivity contribution is -0.142. The summed E-state index contributed by atoms with van der Waals surface area (Å²) in [5, 5.41) is 5.38. The Kier molecular flexibility index (Phi) is 7.92. The van der Waals surface area contributed by atoms with Gasteiger partial charge >= 0.3 is 0 Å². The van der Waals surface area contributed by atoms with Crippen molar-refractivity contribution >= 4 is 32.7 Å². The first kappa shape index (κ1) is 25.5. The van der Waals surface area contributed by atoms with Crippen LogP contribution in [0.5, 0.6) is 5.88 Å². The fourth-order valence-corrected chi connectivity index (χ4v) is 4.56. The van der Waals surface area contributed by atoms with Gasteiger partial charge in [-0.05, 0) is 44.4 Å². The van der Waals surface area contributed by atoms with Gasteiger partial charge in [0.25, 0.3) is 0 Å². The summed E-state index contributed by atoms with van der Waals surface area (Å²) in [5.41, 5.74) is 10.2. The average molecular weight is 568 g/mol. The highest BCUT2D eigenvalue weighted by molar-refractivity contribution is 9.10. The molecule has 0 saturated heterocycles. The maximum Gasteiger partial charge on any atom is 0.228 e. The van der Waals surface area contributed by atoms with Crippen molar-refractivity contribution < 1.29 is 14.2 Å². The molecule has 1 fully saturated rings. The number of hydrogen-bond donors (Lipinski definition) is 1. The normalized spacial score (nSPS) is 13.5. The summed E-state index contributed by atoms with van der Waals surface area (Å²) < 4.78 is 20.2. The molecule has 1 saturated carbocycles. The summed E-state index contributed by atoms with van der Waals surface area (Å²) in [6.07, 6.45) is 7.48. The van der Waals surface area contributed by atoms with Crippen molar-refractivity contribution in [3.05, 3.63) is 52.7 Å². The minimum Gasteiger partial charge on any atom is -0.477 e. The fourth-order valence-electron chi connectivity index (χ4n) is 4.18. The third-order valence-electron chi connectivity index (χ3n) is 6.13. The molecule has 0 atom stereocenters. The van der Waals surface area contributed by atoms with Gasteiger partial charge in [-0.15, -0.1) is 0 Å². The zero-order valence-electron chi connectivity index (χ0n) is 20.9. The van der Waals surface area contributed by atoms with Crippen molar-refractivity contribution in [2.45, 2.75) is 51.9 Å². The molecule has 5 rings (SSSR count). The Balaban J connectivity index is 1.46. The largest absolute Gasteiger partial charge is 0.477 e. The van der Waals surface area contributed by atoms with Gasteiger partial charge in [0.05, 0.1) is 30.4 Å². The molecule has 1 aliphatic rings. The number of nitrogens with zero attached hydrogens (tertiary/aromatic N) is 6. The van der Waals surface area contributed by atoms with Gasteiger partial charge in [-0.2, -0.15) is 5.10 Å². The van der Waals surface area contributed by atoms with Crippen LogP contribution in [-0.2, 0) is 16.0 Å². The predicted molar refractivity (Wildman–Crippen MR) is 143 cm³/mol. The maximum atomic E-state index is 6.23. The number of anilines is 1. The monoisotopic (exact) mass is 567 g/mol. The van der Waals surface area contributed by atoms with Crippen LogP contribution in [0, 0.1) is 0 Å². The average Bonchev–Trinajstić information content (AvgIpc) is 3.67. The second kappa shape index (κ2) is 11.5. The number of benzene rings is 1. The number of fused-ring (bicyclic) bond motifs is 1. The summed E-state index contributed by atoms with van der Waals surface area (Å²) in [7, 11) is 0. The zero-order chi connectivity index (χ0) is 25.8. The van der Waals surface area contributed by atoms with Crippen LogP contribution in [0.2, 0.25) is 0 Å². The van der Waals surface area contributed by atoms with Crippen LogP contribution in [0.15, 0.2) is 41.4 Å². The molecule has 194 valence electrons. The standard InChI is InChI=1S/C26H30BrN7O3/c1-3-35-21(36-4-2)9-10-37-26-22(23(16-5-6-16)30-15-31-26)24-29-12-18-13-32-34(25(18)33-24)14-17-7-8-19(27)11-20(17)28/h7-8,11-13,15-16,21H,3-6,9-10,14,28H2,1-2H3. The van der Waals surface area contributed by atoms with Crippen molar-refractivity contribution in [1.29, 1.82) is 0 Å². The van der Waals surface area contributed by atoms with Gasteiger partial charge in [0, 0.05) is 41.9 Å². The van der Waals surface area contributed by atoms with Crippen LogP contribution in [-0.4, -0.2) is 55.8 Å². The Morgan fingerprint density at radius 3 is 2.65 bits per heavy atom. The fraction of sp³-hybridized carbons (Fsp3) is 0.423. The van der Waals surface area contributed by atoms with E-state index in [4.69, 9.17) is 24.9 Å². The lowest BCUT2D eigenvalue weighted by Gasteiger charge is -2.18. The number of halogens is 1. The van der Waals surface area contributed by atoms with Gasteiger partial charge in [-0.3, -0.25) is 0 Å². The first-order valence-electron chi connectivity index (χ1n) is 12.5. The Morgan fingerprint density at radius 1 is 1.11 bits per heavy atom. The quantitative estimate of drug-likeness (QED) is 0.191. The number of nitrogens with two attached hydrogens (primary N) is 1. The molecule has 1 aliphatic carbocycles. The van der Waals surface area contributed by atoms with Crippen LogP contribution in [0.1, 0.15) is 50.3 Å². The zero-order valence-corrected chi connectivity index (χ0v) is 22.5. The van der Waals surface area contributed by atoms with E-state index in [1.807, 2.05) is 36.7 Å². The topological polar surface area (TPSA) is 123 Å². The highest BCUT2D eigenvalue weighted by Crippen LogP contribution is 2.45. The SMILES string of the molecule is CCOC(CCOc1ncnc(C2CC2)c1-c1ncc2cnn(Cc3ccc(Br)cc3N)c2n1)OCC. The number of ether oxygens (including phenoxy) is 3. The molecule has 1 aromatic carbocycles. The third kappa shape index (κ3) is 5.89. The lowest BCUT2D eigenvalue weighted by atomic mass is 10.1. The molecule has 3 heterocycles. The molecule has 0 aliphatic heterocycles. The van der Waals surface area contributed by atoms with Gasteiger partial charge in [0.15, 0.2) is 17.8 Å². The number of nitrogen functional groups attached to an aromatic ring is 1. The van der Waals surface area contributed by atoms with Gasteiger partial charge in [0.2, 0.25) is 5.88 Å². The molecule has 2 N–H and O–H groups in total. The summed E-state index contributed by atoms with van der Waals surface area (Å²) >= 11 is 3.46. The van der Waals surface area contributed by atoms with E-state index in [-0.39, 0.29) is 6.29 Å². The molecule has 37 heavy (non-hydrogen) atoms. The van der Waals surface area contributed by atoms with E-state index >= 15 is 0 Å². The summed E-state index contributed by atoms with van der Waals surface area (Å²) in [6.45, 7) is 5.90. The molecule has 0 spiro atoms. The summed E-state index contributed by atoms with van der Waals surface area (Å²) in [4.78, 5) is 18.6. The second-order valence-electron chi connectivity index (χ2n) is 8.81. The van der Waals surface area contributed by atoms with E-state index in [2.05, 4.69) is 36.0 Å². The van der Waals surface area contributed by atoms with E-state index in [9.17, 15) is 0 Å². The smallest absolute Gasteiger partial charge is 0.228 e. The van der Waals surface area contributed by atoms with Gasteiger partial charge in [-0.25, -0.2) is 24.6 Å². The van der Waals surface area contributed by atoms with E-state index in [0.717, 1.165) is 39.5 Å². The minimum atomic E-state index is -0.323. The van der Waals surface area contributed by atoms with Crippen LogP contribution in [0.25, 0.3) is 22.4 Å². The Hall–Kier alpha value is -3.15. The van der Waals surface area contributed by atoms with Crippen LogP contribution in [0.4, 0.5) is 5.69 Å². The van der Waals surface area contributed by atoms with Crippen molar-refractivity contribution in [3.63, 3.8) is 0 Å². The number of rotatable bonds is 12. The lowest BCUT2D eigenvalue weighted by Crippen LogP contribution is -2.20. The van der Waals surface area contributed by atoms with Crippen LogP contribution >= 0.6 is 15.9 Å². The first-order valence-corrected chi connectivity index (χ1v) is 13.3. The Morgan fingerprint density at radius 2 is 1.92 bits per heavy atom. The number of aromatic nitrogens is 6. The third-order valence-corrected chi connectivity index (χ3v) is 6.62. The molecule has 11 heteroatoms. The van der Waals surface area contributed by atoms with Gasteiger partial charge in [0.1, 0.15) is 11.9 Å². The van der Waals surface area contributed by atoms with Gasteiger partial charge < -0.3 is 19.9 Å². The van der Waals surface area contributed by atoms with Crippen molar-refractivity contribution in [2.75, 3.05) is 25.6 Å².